The monoisotopic (exact) mass is 263 g/mol. The quantitative estimate of drug-likeness (QED) is 0.909. The van der Waals surface area contributed by atoms with Crippen LogP contribution < -0.4 is 10.2 Å². The summed E-state index contributed by atoms with van der Waals surface area (Å²) in [6, 6.07) is 2.28. The first-order chi connectivity index (χ1) is 9.31. The van der Waals surface area contributed by atoms with Crippen LogP contribution in [-0.2, 0) is 6.54 Å². The Morgan fingerprint density at radius 1 is 1.37 bits per heavy atom. The maximum absolute atomic E-state index is 14.6. The average molecular weight is 263 g/mol. The second-order valence-electron chi connectivity index (χ2n) is 5.73. The van der Waals surface area contributed by atoms with Crippen molar-refractivity contribution in [2.24, 2.45) is 5.92 Å². The van der Waals surface area contributed by atoms with Crippen molar-refractivity contribution in [3.05, 3.63) is 23.6 Å². The Kier molecular flexibility index (Phi) is 3.69. The molecule has 2 unspecified atom stereocenters. The molecule has 2 heterocycles. The zero-order chi connectivity index (χ0) is 13.2. The maximum Gasteiger partial charge on any atom is 0.170 e. The van der Waals surface area contributed by atoms with E-state index in [9.17, 15) is 4.39 Å². The van der Waals surface area contributed by atoms with Crippen LogP contribution >= 0.6 is 0 Å². The van der Waals surface area contributed by atoms with E-state index in [1.807, 2.05) is 7.05 Å². The van der Waals surface area contributed by atoms with Crippen molar-refractivity contribution < 1.29 is 4.39 Å². The number of fused-ring (bicyclic) bond motifs is 1. The predicted octanol–water partition coefficient (Wildman–Crippen LogP) is 2.71. The Bertz CT molecular complexity index is 449. The van der Waals surface area contributed by atoms with E-state index in [0.29, 0.717) is 24.0 Å². The molecule has 1 aromatic rings. The lowest BCUT2D eigenvalue weighted by atomic mass is 9.92. The molecule has 1 aliphatic heterocycles. The number of nitrogens with one attached hydrogen (secondary N) is 1. The van der Waals surface area contributed by atoms with Gasteiger partial charge in [0.15, 0.2) is 11.6 Å². The largest absolute Gasteiger partial charge is 0.351 e. The molecule has 2 fully saturated rings. The number of aromatic nitrogens is 1. The van der Waals surface area contributed by atoms with Crippen molar-refractivity contribution in [1.82, 2.24) is 10.3 Å². The van der Waals surface area contributed by atoms with Gasteiger partial charge in [-0.1, -0.05) is 6.42 Å². The van der Waals surface area contributed by atoms with E-state index < -0.39 is 0 Å². The van der Waals surface area contributed by atoms with Crippen LogP contribution in [0.25, 0.3) is 0 Å². The van der Waals surface area contributed by atoms with Crippen LogP contribution in [0.3, 0.4) is 0 Å². The molecule has 2 aliphatic rings. The third-order valence-electron chi connectivity index (χ3n) is 4.58. The Labute approximate surface area is 114 Å². The van der Waals surface area contributed by atoms with Gasteiger partial charge in [-0.05, 0) is 44.7 Å². The number of halogens is 1. The summed E-state index contributed by atoms with van der Waals surface area (Å²) < 4.78 is 14.6. The van der Waals surface area contributed by atoms with Crippen LogP contribution in [0.15, 0.2) is 12.3 Å². The summed E-state index contributed by atoms with van der Waals surface area (Å²) in [4.78, 5) is 6.56. The fraction of sp³-hybridized carbons (Fsp3) is 0.667. The second kappa shape index (κ2) is 5.45. The molecule has 1 saturated heterocycles. The molecule has 1 aromatic heterocycles. The molecule has 4 heteroatoms. The summed E-state index contributed by atoms with van der Waals surface area (Å²) >= 11 is 0. The molecule has 19 heavy (non-hydrogen) atoms. The smallest absolute Gasteiger partial charge is 0.170 e. The Balaban J connectivity index is 1.90. The van der Waals surface area contributed by atoms with Gasteiger partial charge in [0.05, 0.1) is 0 Å². The van der Waals surface area contributed by atoms with Crippen molar-refractivity contribution in [1.29, 1.82) is 0 Å². The first-order valence-corrected chi connectivity index (χ1v) is 7.36. The Morgan fingerprint density at radius 2 is 2.21 bits per heavy atom. The highest BCUT2D eigenvalue weighted by atomic mass is 19.1. The molecule has 104 valence electrons. The van der Waals surface area contributed by atoms with Gasteiger partial charge in [-0.25, -0.2) is 9.37 Å². The highest BCUT2D eigenvalue weighted by Gasteiger charge is 2.36. The lowest BCUT2D eigenvalue weighted by Crippen LogP contribution is -2.43. The molecule has 0 bridgehead atoms. The van der Waals surface area contributed by atoms with E-state index in [-0.39, 0.29) is 5.82 Å². The third kappa shape index (κ3) is 2.34. The van der Waals surface area contributed by atoms with Crippen LogP contribution in [0.4, 0.5) is 10.2 Å². The summed E-state index contributed by atoms with van der Waals surface area (Å²) in [6.45, 7) is 1.51. The molecule has 1 N–H and O–H groups in total. The SMILES string of the molecule is CNCc1ccnc(N2CCCC3CCCC32)c1F. The third-order valence-corrected chi connectivity index (χ3v) is 4.58. The van der Waals surface area contributed by atoms with Gasteiger partial charge in [-0.15, -0.1) is 0 Å². The lowest BCUT2D eigenvalue weighted by Gasteiger charge is -2.38. The molecular weight excluding hydrogens is 241 g/mol. The van der Waals surface area contributed by atoms with Crippen LogP contribution in [0.1, 0.15) is 37.7 Å². The van der Waals surface area contributed by atoms with Gasteiger partial charge in [-0.3, -0.25) is 0 Å². The number of anilines is 1. The van der Waals surface area contributed by atoms with Gasteiger partial charge >= 0.3 is 0 Å². The second-order valence-corrected chi connectivity index (χ2v) is 5.73. The zero-order valence-corrected chi connectivity index (χ0v) is 11.5. The van der Waals surface area contributed by atoms with Gasteiger partial charge in [0.1, 0.15) is 0 Å². The fourth-order valence-electron chi connectivity index (χ4n) is 3.72. The molecule has 3 rings (SSSR count). The average Bonchev–Trinajstić information content (AvgIpc) is 2.90. The molecule has 0 amide bonds. The van der Waals surface area contributed by atoms with Gasteiger partial charge in [0.25, 0.3) is 0 Å². The number of hydrogen-bond acceptors (Lipinski definition) is 3. The molecule has 0 aromatic carbocycles. The summed E-state index contributed by atoms with van der Waals surface area (Å²) in [5.74, 6) is 1.19. The minimum absolute atomic E-state index is 0.135. The number of nitrogens with zero attached hydrogens (tertiary/aromatic N) is 2. The van der Waals surface area contributed by atoms with Crippen molar-refractivity contribution in [3.8, 4) is 0 Å². The number of piperidine rings is 1. The summed E-state index contributed by atoms with van der Waals surface area (Å²) in [7, 11) is 1.84. The molecule has 1 aliphatic carbocycles. The molecule has 2 atom stereocenters. The molecule has 3 nitrogen and oxygen atoms in total. The van der Waals surface area contributed by atoms with Gasteiger partial charge in [0, 0.05) is 30.9 Å². The van der Waals surface area contributed by atoms with E-state index in [1.165, 1.54) is 32.1 Å². The highest BCUT2D eigenvalue weighted by Crippen LogP contribution is 2.39. The van der Waals surface area contributed by atoms with E-state index in [1.54, 1.807) is 12.3 Å². The van der Waals surface area contributed by atoms with Gasteiger partial charge in [-0.2, -0.15) is 0 Å². The van der Waals surface area contributed by atoms with Gasteiger partial charge in [0.2, 0.25) is 0 Å². The lowest BCUT2D eigenvalue weighted by molar-refractivity contribution is 0.357. The van der Waals surface area contributed by atoms with E-state index >= 15 is 0 Å². The highest BCUT2D eigenvalue weighted by molar-refractivity contribution is 5.45. The van der Waals surface area contributed by atoms with Gasteiger partial charge < -0.3 is 10.2 Å². The minimum Gasteiger partial charge on any atom is -0.351 e. The summed E-state index contributed by atoms with van der Waals surface area (Å²) in [5.41, 5.74) is 0.715. The van der Waals surface area contributed by atoms with Crippen molar-refractivity contribution in [2.45, 2.75) is 44.7 Å². The normalized spacial score (nSPS) is 26.5. The van der Waals surface area contributed by atoms with Crippen molar-refractivity contribution >= 4 is 5.82 Å². The van der Waals surface area contributed by atoms with Crippen molar-refractivity contribution in [3.63, 3.8) is 0 Å². The first kappa shape index (κ1) is 12.9. The molecule has 0 radical (unpaired) electrons. The number of rotatable bonds is 3. The van der Waals surface area contributed by atoms with Crippen LogP contribution in [0.2, 0.25) is 0 Å². The van der Waals surface area contributed by atoms with Crippen molar-refractivity contribution in [2.75, 3.05) is 18.5 Å². The molecular formula is C15H22FN3. The first-order valence-electron chi connectivity index (χ1n) is 7.36. The Morgan fingerprint density at radius 3 is 3.05 bits per heavy atom. The van der Waals surface area contributed by atoms with Crippen LogP contribution in [0, 0.1) is 11.7 Å². The van der Waals surface area contributed by atoms with E-state index in [0.717, 1.165) is 12.5 Å². The number of hydrogen-bond donors (Lipinski definition) is 1. The molecule has 0 spiro atoms. The standard InChI is InChI=1S/C15H22FN3/c1-17-10-12-7-8-18-15(14(12)16)19-9-3-5-11-4-2-6-13(11)19/h7-8,11,13,17H,2-6,9-10H2,1H3. The van der Waals surface area contributed by atoms with E-state index in [4.69, 9.17) is 0 Å². The zero-order valence-electron chi connectivity index (χ0n) is 11.5. The Hall–Kier alpha value is -1.16. The minimum atomic E-state index is -0.135. The van der Waals surface area contributed by atoms with E-state index in [2.05, 4.69) is 15.2 Å². The van der Waals surface area contributed by atoms with Crippen LogP contribution in [-0.4, -0.2) is 24.6 Å². The molecule has 1 saturated carbocycles. The van der Waals surface area contributed by atoms with Crippen LogP contribution in [0.5, 0.6) is 0 Å². The topological polar surface area (TPSA) is 28.2 Å². The predicted molar refractivity (Wildman–Crippen MR) is 74.7 cm³/mol. The summed E-state index contributed by atoms with van der Waals surface area (Å²) in [5, 5.41) is 3.01. The fourth-order valence-corrected chi connectivity index (χ4v) is 3.72. The number of pyridine rings is 1. The summed E-state index contributed by atoms with van der Waals surface area (Å²) in [6.07, 6.45) is 7.99. The maximum atomic E-state index is 14.6.